The van der Waals surface area contributed by atoms with Crippen LogP contribution in [0.25, 0.3) is 10.9 Å². The van der Waals surface area contributed by atoms with Crippen molar-refractivity contribution in [3.8, 4) is 5.75 Å². The minimum absolute atomic E-state index is 0.175. The van der Waals surface area contributed by atoms with Crippen LogP contribution in [0.15, 0.2) is 85.6 Å². The second-order valence-electron chi connectivity index (χ2n) is 7.64. The highest BCUT2D eigenvalue weighted by Crippen LogP contribution is 2.18. The van der Waals surface area contributed by atoms with Crippen LogP contribution in [0.5, 0.6) is 5.75 Å². The predicted octanol–water partition coefficient (Wildman–Crippen LogP) is 6.73. The van der Waals surface area contributed by atoms with Crippen molar-refractivity contribution < 1.29 is 4.74 Å². The van der Waals surface area contributed by atoms with Gasteiger partial charge in [-0.3, -0.25) is 4.79 Å². The van der Waals surface area contributed by atoms with Gasteiger partial charge in [0.15, 0.2) is 0 Å². The van der Waals surface area contributed by atoms with Crippen LogP contribution in [0.2, 0.25) is 0 Å². The summed E-state index contributed by atoms with van der Waals surface area (Å²) in [5, 5.41) is 5.05. The van der Waals surface area contributed by atoms with Crippen LogP contribution in [-0.2, 0) is 13.0 Å². The van der Waals surface area contributed by atoms with E-state index in [0.29, 0.717) is 29.8 Å². The van der Waals surface area contributed by atoms with Crippen molar-refractivity contribution in [1.29, 1.82) is 0 Å². The molecule has 0 bridgehead atoms. The number of fused-ring (bicyclic) bond motifs is 1. The average Bonchev–Trinajstić information content (AvgIpc) is 2.82. The summed E-state index contributed by atoms with van der Waals surface area (Å²) >= 11 is 6.88. The van der Waals surface area contributed by atoms with Gasteiger partial charge >= 0.3 is 0 Å². The summed E-state index contributed by atoms with van der Waals surface area (Å²) < 4.78 is 9.22. The SMILES string of the molecule is CCCCc1nc2ccc(Br)cc2c(=O)n1N=Cc1cccc(OCc2ccc(Br)cc2)c1. The van der Waals surface area contributed by atoms with Crippen molar-refractivity contribution in [3.63, 3.8) is 0 Å². The second kappa shape index (κ2) is 10.9. The third kappa shape index (κ3) is 5.97. The minimum atomic E-state index is -0.175. The molecule has 0 N–H and O–H groups in total. The molecule has 3 aromatic carbocycles. The monoisotopic (exact) mass is 567 g/mol. The molecule has 4 aromatic rings. The van der Waals surface area contributed by atoms with E-state index >= 15 is 0 Å². The first-order valence-electron chi connectivity index (χ1n) is 10.8. The molecule has 0 saturated heterocycles. The molecule has 0 aliphatic carbocycles. The summed E-state index contributed by atoms with van der Waals surface area (Å²) in [5.74, 6) is 1.40. The van der Waals surface area contributed by atoms with Crippen LogP contribution >= 0.6 is 31.9 Å². The summed E-state index contributed by atoms with van der Waals surface area (Å²) in [6, 6.07) is 21.2. The highest BCUT2D eigenvalue weighted by Gasteiger charge is 2.11. The molecule has 7 heteroatoms. The van der Waals surface area contributed by atoms with Crippen molar-refractivity contribution in [3.05, 3.63) is 103 Å². The average molecular weight is 569 g/mol. The van der Waals surface area contributed by atoms with Crippen LogP contribution in [0, 0.1) is 0 Å². The molecule has 0 aliphatic rings. The highest BCUT2D eigenvalue weighted by molar-refractivity contribution is 9.10. The molecule has 0 spiro atoms. The molecule has 5 nitrogen and oxygen atoms in total. The van der Waals surface area contributed by atoms with Crippen LogP contribution in [0.1, 0.15) is 36.7 Å². The number of aromatic nitrogens is 2. The van der Waals surface area contributed by atoms with E-state index in [9.17, 15) is 4.79 Å². The number of halogens is 2. The quantitative estimate of drug-likeness (QED) is 0.222. The normalized spacial score (nSPS) is 11.4. The Kier molecular flexibility index (Phi) is 7.73. The molecule has 0 atom stereocenters. The van der Waals surface area contributed by atoms with E-state index < -0.39 is 0 Å². The number of ether oxygens (including phenoxy) is 1. The highest BCUT2D eigenvalue weighted by atomic mass is 79.9. The topological polar surface area (TPSA) is 56.5 Å². The van der Waals surface area contributed by atoms with Gasteiger partial charge in [-0.15, -0.1) is 0 Å². The fourth-order valence-corrected chi connectivity index (χ4v) is 3.99. The molecule has 1 heterocycles. The lowest BCUT2D eigenvalue weighted by Gasteiger charge is -2.09. The molecule has 0 fully saturated rings. The van der Waals surface area contributed by atoms with Crippen LogP contribution in [0.4, 0.5) is 0 Å². The maximum atomic E-state index is 13.2. The van der Waals surface area contributed by atoms with Crippen molar-refractivity contribution >= 4 is 49.0 Å². The third-order valence-electron chi connectivity index (χ3n) is 5.13. The molecule has 33 heavy (non-hydrogen) atoms. The molecule has 0 aliphatic heterocycles. The largest absolute Gasteiger partial charge is 0.489 e. The van der Waals surface area contributed by atoms with Crippen LogP contribution in [-0.4, -0.2) is 15.9 Å². The zero-order valence-electron chi connectivity index (χ0n) is 18.2. The maximum Gasteiger partial charge on any atom is 0.282 e. The summed E-state index contributed by atoms with van der Waals surface area (Å²) in [4.78, 5) is 17.9. The van der Waals surface area contributed by atoms with E-state index in [1.165, 1.54) is 4.68 Å². The Bertz CT molecular complexity index is 1350. The Morgan fingerprint density at radius 1 is 1.03 bits per heavy atom. The van der Waals surface area contributed by atoms with E-state index in [0.717, 1.165) is 38.7 Å². The van der Waals surface area contributed by atoms with Crippen LogP contribution in [0.3, 0.4) is 0 Å². The Hall–Kier alpha value is -2.77. The van der Waals surface area contributed by atoms with E-state index in [1.807, 2.05) is 60.7 Å². The molecule has 0 saturated carbocycles. The zero-order valence-corrected chi connectivity index (χ0v) is 21.3. The summed E-state index contributed by atoms with van der Waals surface area (Å²) in [7, 11) is 0. The second-order valence-corrected chi connectivity index (χ2v) is 9.47. The Morgan fingerprint density at radius 2 is 1.82 bits per heavy atom. The van der Waals surface area contributed by atoms with Gasteiger partial charge in [0.05, 0.1) is 17.1 Å². The van der Waals surface area contributed by atoms with Gasteiger partial charge < -0.3 is 4.74 Å². The molecule has 4 rings (SSSR count). The number of hydrogen-bond donors (Lipinski definition) is 0. The summed E-state index contributed by atoms with van der Waals surface area (Å²) in [6.07, 6.45) is 4.30. The molecule has 0 amide bonds. The van der Waals surface area contributed by atoms with Gasteiger partial charge in [-0.25, -0.2) is 4.98 Å². The van der Waals surface area contributed by atoms with E-state index in [2.05, 4.69) is 43.9 Å². The number of hydrogen-bond acceptors (Lipinski definition) is 4. The number of rotatable bonds is 8. The Morgan fingerprint density at radius 3 is 2.61 bits per heavy atom. The molecule has 168 valence electrons. The van der Waals surface area contributed by atoms with Crippen molar-refractivity contribution in [2.45, 2.75) is 32.8 Å². The van der Waals surface area contributed by atoms with Crippen LogP contribution < -0.4 is 10.3 Å². The molecule has 0 radical (unpaired) electrons. The fourth-order valence-electron chi connectivity index (χ4n) is 3.37. The predicted molar refractivity (Wildman–Crippen MR) is 140 cm³/mol. The standard InChI is InChI=1S/C26H23Br2N3O2/c1-2-3-7-25-30-24-13-12-21(28)15-23(24)26(32)31(25)29-16-19-5-4-6-22(14-19)33-17-18-8-10-20(27)11-9-18/h4-6,8-16H,2-3,7,17H2,1H3. The van der Waals surface area contributed by atoms with Gasteiger partial charge in [0, 0.05) is 15.4 Å². The maximum absolute atomic E-state index is 13.2. The van der Waals surface area contributed by atoms with Crippen molar-refractivity contribution in [2.24, 2.45) is 5.10 Å². The summed E-state index contributed by atoms with van der Waals surface area (Å²) in [6.45, 7) is 2.58. The zero-order chi connectivity index (χ0) is 23.2. The number of benzene rings is 3. The van der Waals surface area contributed by atoms with Gasteiger partial charge in [-0.1, -0.05) is 69.5 Å². The fraction of sp³-hybridized carbons (Fsp3) is 0.192. The Labute approximate surface area is 209 Å². The molecule has 1 aromatic heterocycles. The number of nitrogens with zero attached hydrogens (tertiary/aromatic N) is 3. The first-order chi connectivity index (χ1) is 16.0. The number of aryl methyl sites for hydroxylation is 1. The lowest BCUT2D eigenvalue weighted by Crippen LogP contribution is -2.22. The molecular weight excluding hydrogens is 546 g/mol. The van der Waals surface area contributed by atoms with Crippen molar-refractivity contribution in [1.82, 2.24) is 9.66 Å². The van der Waals surface area contributed by atoms with Gasteiger partial charge in [-0.05, 0) is 60.0 Å². The van der Waals surface area contributed by atoms with Gasteiger partial charge in [0.25, 0.3) is 5.56 Å². The van der Waals surface area contributed by atoms with E-state index in [-0.39, 0.29) is 5.56 Å². The molecule has 0 unspecified atom stereocenters. The van der Waals surface area contributed by atoms with Gasteiger partial charge in [0.1, 0.15) is 18.2 Å². The molecular formula is C26H23Br2N3O2. The van der Waals surface area contributed by atoms with Gasteiger partial charge in [0.2, 0.25) is 0 Å². The lowest BCUT2D eigenvalue weighted by atomic mass is 10.2. The van der Waals surface area contributed by atoms with E-state index in [4.69, 9.17) is 9.72 Å². The lowest BCUT2D eigenvalue weighted by molar-refractivity contribution is 0.306. The number of unbranched alkanes of at least 4 members (excludes halogenated alkanes) is 1. The first-order valence-corrected chi connectivity index (χ1v) is 12.3. The summed E-state index contributed by atoms with van der Waals surface area (Å²) in [5.41, 5.74) is 2.43. The van der Waals surface area contributed by atoms with Crippen molar-refractivity contribution in [2.75, 3.05) is 0 Å². The first kappa shape index (κ1) is 23.4. The smallest absolute Gasteiger partial charge is 0.282 e. The Balaban J connectivity index is 1.60. The third-order valence-corrected chi connectivity index (χ3v) is 6.15. The minimum Gasteiger partial charge on any atom is -0.489 e. The van der Waals surface area contributed by atoms with Gasteiger partial charge in [-0.2, -0.15) is 9.78 Å². The van der Waals surface area contributed by atoms with E-state index in [1.54, 1.807) is 12.3 Å².